The molecule has 0 bridgehead atoms. The summed E-state index contributed by atoms with van der Waals surface area (Å²) in [6, 6.07) is 18.8. The van der Waals surface area contributed by atoms with Gasteiger partial charge in [0.1, 0.15) is 28.7 Å². The van der Waals surface area contributed by atoms with Crippen molar-refractivity contribution in [3.05, 3.63) is 84.3 Å². The number of rotatable bonds is 4. The number of benzene rings is 2. The Balaban J connectivity index is 1.83. The molecule has 2 heterocycles. The Labute approximate surface area is 155 Å². The van der Waals surface area contributed by atoms with Crippen molar-refractivity contribution in [1.82, 2.24) is 9.38 Å². The minimum Gasteiger partial charge on any atom is -0.497 e. The highest BCUT2D eigenvalue weighted by Gasteiger charge is 2.19. The smallest absolute Gasteiger partial charge is 0.259 e. The van der Waals surface area contributed by atoms with E-state index in [-0.39, 0.29) is 5.56 Å². The molecule has 0 spiro atoms. The number of halogens is 1. The lowest BCUT2D eigenvalue weighted by molar-refractivity contribution is 0.102. The number of carbonyl (C=O) groups is 1. The lowest BCUT2D eigenvalue weighted by Crippen LogP contribution is -2.15. The zero-order valence-corrected chi connectivity index (χ0v) is 14.5. The highest BCUT2D eigenvalue weighted by atomic mass is 19.1. The van der Waals surface area contributed by atoms with E-state index in [0.717, 1.165) is 5.56 Å². The van der Waals surface area contributed by atoms with Crippen LogP contribution in [0.4, 0.5) is 10.2 Å². The number of anilines is 1. The molecule has 1 N–H and O–H groups in total. The summed E-state index contributed by atoms with van der Waals surface area (Å²) < 4.78 is 21.0. The molecule has 0 radical (unpaired) electrons. The minimum absolute atomic E-state index is 0.0278. The van der Waals surface area contributed by atoms with E-state index >= 15 is 0 Å². The molecule has 4 aromatic rings. The quantitative estimate of drug-likeness (QED) is 0.586. The zero-order chi connectivity index (χ0) is 18.8. The molecule has 4 rings (SSSR count). The largest absolute Gasteiger partial charge is 0.497 e. The monoisotopic (exact) mass is 361 g/mol. The maximum Gasteiger partial charge on any atom is 0.259 e. The lowest BCUT2D eigenvalue weighted by Gasteiger charge is -2.09. The number of nitrogens with one attached hydrogen (secondary N) is 1. The maximum absolute atomic E-state index is 14.0. The van der Waals surface area contributed by atoms with E-state index in [4.69, 9.17) is 4.74 Å². The van der Waals surface area contributed by atoms with Crippen LogP contribution in [-0.2, 0) is 0 Å². The van der Waals surface area contributed by atoms with E-state index in [1.807, 2.05) is 42.5 Å². The van der Waals surface area contributed by atoms with Crippen LogP contribution in [-0.4, -0.2) is 22.4 Å². The number of amides is 1. The van der Waals surface area contributed by atoms with Crippen molar-refractivity contribution in [2.24, 2.45) is 0 Å². The van der Waals surface area contributed by atoms with Crippen LogP contribution in [0.1, 0.15) is 10.4 Å². The number of nitrogens with zero attached hydrogens (tertiary/aromatic N) is 2. The summed E-state index contributed by atoms with van der Waals surface area (Å²) in [5, 5.41) is 2.81. The summed E-state index contributed by atoms with van der Waals surface area (Å²) in [5.41, 5.74) is 1.99. The van der Waals surface area contributed by atoms with Gasteiger partial charge in [0.2, 0.25) is 0 Å². The van der Waals surface area contributed by atoms with E-state index < -0.39 is 11.7 Å². The highest BCUT2D eigenvalue weighted by molar-refractivity contribution is 6.06. The van der Waals surface area contributed by atoms with Gasteiger partial charge in [0.25, 0.3) is 5.91 Å². The van der Waals surface area contributed by atoms with Crippen molar-refractivity contribution in [2.45, 2.75) is 0 Å². The molecule has 0 unspecified atom stereocenters. The van der Waals surface area contributed by atoms with Gasteiger partial charge in [-0.3, -0.25) is 9.20 Å². The lowest BCUT2D eigenvalue weighted by atomic mass is 10.1. The summed E-state index contributed by atoms with van der Waals surface area (Å²) in [5.74, 6) is 0.0256. The number of hydrogen-bond donors (Lipinski definition) is 1. The van der Waals surface area contributed by atoms with Crippen molar-refractivity contribution in [3.8, 4) is 17.0 Å². The third-order valence-corrected chi connectivity index (χ3v) is 4.22. The molecule has 27 heavy (non-hydrogen) atoms. The van der Waals surface area contributed by atoms with Gasteiger partial charge >= 0.3 is 0 Å². The molecule has 0 aliphatic rings. The molecular weight excluding hydrogens is 345 g/mol. The van der Waals surface area contributed by atoms with Crippen LogP contribution in [0.15, 0.2) is 72.9 Å². The van der Waals surface area contributed by atoms with Crippen molar-refractivity contribution >= 4 is 17.4 Å². The number of pyridine rings is 1. The highest BCUT2D eigenvalue weighted by Crippen LogP contribution is 2.31. The first kappa shape index (κ1) is 16.8. The average molecular weight is 361 g/mol. The summed E-state index contributed by atoms with van der Waals surface area (Å²) in [6.07, 6.45) is 1.79. The molecule has 2 aromatic carbocycles. The SMILES string of the molecule is COc1cccc(-c2nc3ccccn3c2NC(=O)c2ccccc2F)c1. The second kappa shape index (κ2) is 6.92. The van der Waals surface area contributed by atoms with Gasteiger partial charge in [-0.1, -0.05) is 30.3 Å². The fourth-order valence-corrected chi connectivity index (χ4v) is 2.91. The van der Waals surface area contributed by atoms with E-state index in [2.05, 4.69) is 10.3 Å². The molecule has 0 saturated heterocycles. The number of imidazole rings is 1. The minimum atomic E-state index is -0.577. The first-order valence-corrected chi connectivity index (χ1v) is 8.35. The van der Waals surface area contributed by atoms with Gasteiger partial charge < -0.3 is 10.1 Å². The number of carbonyl (C=O) groups excluding carboxylic acids is 1. The Hall–Kier alpha value is -3.67. The number of hydrogen-bond acceptors (Lipinski definition) is 3. The Morgan fingerprint density at radius 1 is 1.07 bits per heavy atom. The van der Waals surface area contributed by atoms with Gasteiger partial charge in [0.15, 0.2) is 0 Å². The van der Waals surface area contributed by atoms with Crippen LogP contribution in [0.2, 0.25) is 0 Å². The van der Waals surface area contributed by atoms with Crippen LogP contribution in [0.3, 0.4) is 0 Å². The molecule has 2 aromatic heterocycles. The first-order chi connectivity index (χ1) is 13.2. The van der Waals surface area contributed by atoms with E-state index in [0.29, 0.717) is 22.9 Å². The van der Waals surface area contributed by atoms with Gasteiger partial charge in [0, 0.05) is 11.8 Å². The van der Waals surface area contributed by atoms with Crippen LogP contribution in [0, 0.1) is 5.82 Å². The van der Waals surface area contributed by atoms with Crippen molar-refractivity contribution in [3.63, 3.8) is 0 Å². The molecule has 0 aliphatic carbocycles. The Bertz CT molecular complexity index is 1140. The number of aromatic nitrogens is 2. The molecule has 0 aliphatic heterocycles. The van der Waals surface area contributed by atoms with Gasteiger partial charge in [-0.15, -0.1) is 0 Å². The summed E-state index contributed by atoms with van der Waals surface area (Å²) >= 11 is 0. The molecule has 0 saturated carbocycles. The predicted molar refractivity (Wildman–Crippen MR) is 102 cm³/mol. The Kier molecular flexibility index (Phi) is 4.30. The second-order valence-corrected chi connectivity index (χ2v) is 5.90. The molecular formula is C21H16FN3O2. The van der Waals surface area contributed by atoms with E-state index in [1.165, 1.54) is 12.1 Å². The average Bonchev–Trinajstić information content (AvgIpc) is 3.07. The third kappa shape index (κ3) is 3.13. The molecule has 0 fully saturated rings. The molecule has 134 valence electrons. The molecule has 0 atom stereocenters. The van der Waals surface area contributed by atoms with Crippen LogP contribution >= 0.6 is 0 Å². The van der Waals surface area contributed by atoms with Crippen molar-refractivity contribution < 1.29 is 13.9 Å². The normalized spacial score (nSPS) is 10.7. The topological polar surface area (TPSA) is 55.6 Å². The Morgan fingerprint density at radius 3 is 2.70 bits per heavy atom. The standard InChI is InChI=1S/C21H16FN3O2/c1-27-15-8-6-7-14(13-15)19-20(25-12-5-4-11-18(25)23-19)24-21(26)16-9-2-3-10-17(16)22/h2-13H,1H3,(H,24,26). The van der Waals surface area contributed by atoms with Crippen LogP contribution in [0.5, 0.6) is 5.75 Å². The maximum atomic E-state index is 14.0. The molecule has 5 nitrogen and oxygen atoms in total. The van der Waals surface area contributed by atoms with Crippen molar-refractivity contribution in [1.29, 1.82) is 0 Å². The van der Waals surface area contributed by atoms with Crippen LogP contribution < -0.4 is 10.1 Å². The second-order valence-electron chi connectivity index (χ2n) is 5.90. The summed E-state index contributed by atoms with van der Waals surface area (Å²) in [4.78, 5) is 17.3. The number of ether oxygens (including phenoxy) is 1. The third-order valence-electron chi connectivity index (χ3n) is 4.22. The molecule has 6 heteroatoms. The Morgan fingerprint density at radius 2 is 1.89 bits per heavy atom. The summed E-state index contributed by atoms with van der Waals surface area (Å²) in [6.45, 7) is 0. The number of fused-ring (bicyclic) bond motifs is 1. The van der Waals surface area contributed by atoms with Crippen LogP contribution in [0.25, 0.3) is 16.9 Å². The fourth-order valence-electron chi connectivity index (χ4n) is 2.91. The number of methoxy groups -OCH3 is 1. The van der Waals surface area contributed by atoms with Gasteiger partial charge in [0.05, 0.1) is 12.7 Å². The first-order valence-electron chi connectivity index (χ1n) is 8.35. The zero-order valence-electron chi connectivity index (χ0n) is 14.5. The molecule has 1 amide bonds. The van der Waals surface area contributed by atoms with E-state index in [9.17, 15) is 9.18 Å². The van der Waals surface area contributed by atoms with Crippen molar-refractivity contribution in [2.75, 3.05) is 12.4 Å². The van der Waals surface area contributed by atoms with Gasteiger partial charge in [-0.25, -0.2) is 9.37 Å². The van der Waals surface area contributed by atoms with Gasteiger partial charge in [-0.05, 0) is 36.4 Å². The summed E-state index contributed by atoms with van der Waals surface area (Å²) in [7, 11) is 1.59. The van der Waals surface area contributed by atoms with E-state index in [1.54, 1.807) is 29.8 Å². The van der Waals surface area contributed by atoms with Gasteiger partial charge in [-0.2, -0.15) is 0 Å². The predicted octanol–water partition coefficient (Wildman–Crippen LogP) is 4.40. The fraction of sp³-hybridized carbons (Fsp3) is 0.0476.